The summed E-state index contributed by atoms with van der Waals surface area (Å²) in [5.74, 6) is 2.21. The third-order valence-electron chi connectivity index (χ3n) is 3.84. The Morgan fingerprint density at radius 2 is 2.14 bits per heavy atom. The quantitative estimate of drug-likeness (QED) is 0.784. The van der Waals surface area contributed by atoms with Gasteiger partial charge in [-0.1, -0.05) is 18.2 Å². The van der Waals surface area contributed by atoms with Crippen LogP contribution in [0.1, 0.15) is 18.1 Å². The van der Waals surface area contributed by atoms with Crippen LogP contribution < -0.4 is 5.32 Å². The van der Waals surface area contributed by atoms with Gasteiger partial charge in [-0.05, 0) is 18.6 Å². The molecule has 1 aliphatic heterocycles. The summed E-state index contributed by atoms with van der Waals surface area (Å²) in [4.78, 5) is 4.23. The highest BCUT2D eigenvalue weighted by atomic mass is 16.4. The maximum atomic E-state index is 5.70. The maximum Gasteiger partial charge on any atom is 0.247 e. The Kier molecular flexibility index (Phi) is 3.40. The smallest absolute Gasteiger partial charge is 0.247 e. The molecule has 2 aromatic heterocycles. The molecule has 3 aromatic rings. The molecular formula is C15H16N6O. The van der Waals surface area contributed by atoms with Crippen molar-refractivity contribution in [3.63, 3.8) is 0 Å². The topological polar surface area (TPSA) is 81.7 Å². The second kappa shape index (κ2) is 5.69. The Hall–Kier alpha value is -2.54. The summed E-state index contributed by atoms with van der Waals surface area (Å²) in [5, 5.41) is 15.9. The minimum Gasteiger partial charge on any atom is -0.419 e. The zero-order valence-electron chi connectivity index (χ0n) is 12.0. The highest BCUT2D eigenvalue weighted by Gasteiger charge is 2.20. The van der Waals surface area contributed by atoms with E-state index in [0.29, 0.717) is 24.4 Å². The van der Waals surface area contributed by atoms with E-state index in [0.717, 1.165) is 30.8 Å². The van der Waals surface area contributed by atoms with Gasteiger partial charge < -0.3 is 9.73 Å². The van der Waals surface area contributed by atoms with Gasteiger partial charge in [0.15, 0.2) is 0 Å². The van der Waals surface area contributed by atoms with E-state index in [1.165, 1.54) is 0 Å². The van der Waals surface area contributed by atoms with Gasteiger partial charge in [-0.2, -0.15) is 5.10 Å². The number of hydrogen-bond acceptors (Lipinski definition) is 6. The van der Waals surface area contributed by atoms with E-state index in [1.54, 1.807) is 6.33 Å². The summed E-state index contributed by atoms with van der Waals surface area (Å²) in [6, 6.07) is 10.1. The van der Waals surface area contributed by atoms with Crippen LogP contribution in [-0.2, 0) is 19.5 Å². The summed E-state index contributed by atoms with van der Waals surface area (Å²) < 4.78 is 7.64. The predicted molar refractivity (Wildman–Crippen MR) is 78.7 cm³/mol. The average molecular weight is 296 g/mol. The van der Waals surface area contributed by atoms with E-state index in [9.17, 15) is 0 Å². The Morgan fingerprint density at radius 3 is 3.05 bits per heavy atom. The van der Waals surface area contributed by atoms with Crippen LogP contribution >= 0.6 is 0 Å². The van der Waals surface area contributed by atoms with Gasteiger partial charge in [0.2, 0.25) is 11.8 Å². The molecule has 0 spiro atoms. The summed E-state index contributed by atoms with van der Waals surface area (Å²) in [6.07, 6.45) is 3.59. The van der Waals surface area contributed by atoms with Gasteiger partial charge in [-0.3, -0.25) is 0 Å². The Morgan fingerprint density at radius 1 is 1.23 bits per heavy atom. The summed E-state index contributed by atoms with van der Waals surface area (Å²) >= 11 is 0. The summed E-state index contributed by atoms with van der Waals surface area (Å²) in [5.41, 5.74) is 0.936. The molecule has 0 unspecified atom stereocenters. The molecule has 4 rings (SSSR count). The first-order chi connectivity index (χ1) is 10.9. The van der Waals surface area contributed by atoms with E-state index in [4.69, 9.17) is 4.42 Å². The molecule has 1 N–H and O–H groups in total. The lowest BCUT2D eigenvalue weighted by atomic mass is 10.1. The summed E-state index contributed by atoms with van der Waals surface area (Å²) in [7, 11) is 0. The van der Waals surface area contributed by atoms with Crippen molar-refractivity contribution in [3.05, 3.63) is 48.4 Å². The monoisotopic (exact) mass is 296 g/mol. The normalized spacial score (nSPS) is 17.4. The number of fused-ring (bicyclic) bond motifs is 1. The molecule has 7 nitrogen and oxygen atoms in total. The molecule has 1 aliphatic rings. The maximum absolute atomic E-state index is 5.70. The van der Waals surface area contributed by atoms with E-state index >= 15 is 0 Å². The van der Waals surface area contributed by atoms with Gasteiger partial charge >= 0.3 is 0 Å². The van der Waals surface area contributed by atoms with Crippen molar-refractivity contribution in [1.82, 2.24) is 30.3 Å². The van der Waals surface area contributed by atoms with Crippen LogP contribution in [-0.4, -0.2) is 31.0 Å². The molecule has 1 aromatic carbocycles. The number of nitrogens with one attached hydrogen (secondary N) is 1. The number of aryl methyl sites for hydroxylation is 1. The number of rotatable bonds is 4. The van der Waals surface area contributed by atoms with Crippen molar-refractivity contribution in [2.24, 2.45) is 0 Å². The molecule has 22 heavy (non-hydrogen) atoms. The highest BCUT2D eigenvalue weighted by molar-refractivity contribution is 5.51. The van der Waals surface area contributed by atoms with Crippen LogP contribution in [0.4, 0.5) is 0 Å². The Bertz CT molecular complexity index is 750. The molecule has 0 radical (unpaired) electrons. The van der Waals surface area contributed by atoms with Gasteiger partial charge in [0, 0.05) is 18.0 Å². The molecule has 0 saturated carbocycles. The first-order valence-electron chi connectivity index (χ1n) is 7.36. The van der Waals surface area contributed by atoms with Crippen LogP contribution in [0.5, 0.6) is 0 Å². The first kappa shape index (κ1) is 13.1. The lowest BCUT2D eigenvalue weighted by Crippen LogP contribution is -2.37. The van der Waals surface area contributed by atoms with E-state index in [1.807, 2.05) is 35.0 Å². The lowest BCUT2D eigenvalue weighted by molar-refractivity contribution is 0.342. The number of nitrogens with zero attached hydrogens (tertiary/aromatic N) is 5. The standard InChI is InChI=1S/C15H16N6O/c1-2-4-11(5-3-1)15-20-19-14(22-15)8-16-12-6-7-13-17-10-18-21(13)9-12/h1-5,10,12,16H,6-9H2/t12-/m1/s1. The van der Waals surface area contributed by atoms with Crippen LogP contribution in [0, 0.1) is 0 Å². The Labute approximate surface area is 127 Å². The van der Waals surface area contributed by atoms with Gasteiger partial charge in [0.05, 0.1) is 13.1 Å². The van der Waals surface area contributed by atoms with Gasteiger partial charge in [-0.25, -0.2) is 9.67 Å². The van der Waals surface area contributed by atoms with Crippen molar-refractivity contribution in [1.29, 1.82) is 0 Å². The molecule has 0 aliphatic carbocycles. The lowest BCUT2D eigenvalue weighted by Gasteiger charge is -2.22. The number of hydrogen-bond donors (Lipinski definition) is 1. The average Bonchev–Trinajstić information content (AvgIpc) is 3.22. The largest absolute Gasteiger partial charge is 0.419 e. The molecule has 0 fully saturated rings. The second-order valence-electron chi connectivity index (χ2n) is 5.34. The molecule has 0 amide bonds. The van der Waals surface area contributed by atoms with E-state index < -0.39 is 0 Å². The molecular weight excluding hydrogens is 280 g/mol. The molecule has 0 saturated heterocycles. The third-order valence-corrected chi connectivity index (χ3v) is 3.84. The van der Waals surface area contributed by atoms with Crippen molar-refractivity contribution < 1.29 is 4.42 Å². The molecule has 0 bridgehead atoms. The first-order valence-corrected chi connectivity index (χ1v) is 7.36. The third kappa shape index (κ3) is 2.62. The van der Waals surface area contributed by atoms with Crippen molar-refractivity contribution in [2.75, 3.05) is 0 Å². The van der Waals surface area contributed by atoms with E-state index in [2.05, 4.69) is 25.6 Å². The van der Waals surface area contributed by atoms with Gasteiger partial charge in [0.25, 0.3) is 0 Å². The Balaban J connectivity index is 1.38. The van der Waals surface area contributed by atoms with Gasteiger partial charge in [0.1, 0.15) is 12.2 Å². The predicted octanol–water partition coefficient (Wildman–Crippen LogP) is 1.43. The summed E-state index contributed by atoms with van der Waals surface area (Å²) in [6.45, 7) is 1.39. The minimum atomic E-state index is 0.348. The molecule has 7 heteroatoms. The van der Waals surface area contributed by atoms with Gasteiger partial charge in [-0.15, -0.1) is 10.2 Å². The van der Waals surface area contributed by atoms with Crippen LogP contribution in [0.2, 0.25) is 0 Å². The van der Waals surface area contributed by atoms with Crippen molar-refractivity contribution >= 4 is 0 Å². The SMILES string of the molecule is c1ccc(-c2nnc(CN[C@@H]3CCc4ncnn4C3)o2)cc1. The highest BCUT2D eigenvalue weighted by Crippen LogP contribution is 2.17. The zero-order valence-corrected chi connectivity index (χ0v) is 12.0. The fourth-order valence-electron chi connectivity index (χ4n) is 2.66. The number of aromatic nitrogens is 5. The molecule has 112 valence electrons. The van der Waals surface area contributed by atoms with Crippen molar-refractivity contribution in [2.45, 2.75) is 32.0 Å². The fraction of sp³-hybridized carbons (Fsp3) is 0.333. The van der Waals surface area contributed by atoms with E-state index in [-0.39, 0.29) is 0 Å². The van der Waals surface area contributed by atoms with Crippen LogP contribution in [0.25, 0.3) is 11.5 Å². The number of benzene rings is 1. The fourth-order valence-corrected chi connectivity index (χ4v) is 2.66. The second-order valence-corrected chi connectivity index (χ2v) is 5.34. The van der Waals surface area contributed by atoms with Crippen LogP contribution in [0.15, 0.2) is 41.1 Å². The zero-order chi connectivity index (χ0) is 14.8. The van der Waals surface area contributed by atoms with Crippen molar-refractivity contribution in [3.8, 4) is 11.5 Å². The minimum absolute atomic E-state index is 0.348. The van der Waals surface area contributed by atoms with Crippen LogP contribution in [0.3, 0.4) is 0 Å². The molecule has 3 heterocycles. The molecule has 1 atom stereocenters.